The van der Waals surface area contributed by atoms with Crippen molar-refractivity contribution in [3.8, 4) is 0 Å². The molecule has 0 aliphatic heterocycles. The lowest BCUT2D eigenvalue weighted by Gasteiger charge is -1.87. The molecule has 0 heterocycles. The Balaban J connectivity index is 2.98. The lowest BCUT2D eigenvalue weighted by molar-refractivity contribution is 0.408. The molecular weight excluding hydrogens is 168 g/mol. The van der Waals surface area contributed by atoms with Crippen LogP contribution in [0.3, 0.4) is 0 Å². The maximum Gasteiger partial charge on any atom is 0.0672 e. The summed E-state index contributed by atoms with van der Waals surface area (Å²) in [5, 5.41) is 0. The molecule has 0 aromatic rings. The van der Waals surface area contributed by atoms with E-state index in [0.29, 0.717) is 6.61 Å². The normalized spacial score (nSPS) is 10.0. The van der Waals surface area contributed by atoms with Crippen molar-refractivity contribution in [2.75, 3.05) is 6.61 Å². The monoisotopic (exact) mass is 174 g/mol. The molecule has 0 saturated heterocycles. The van der Waals surface area contributed by atoms with E-state index >= 15 is 0 Å². The molecule has 0 rings (SSSR count). The fourth-order valence-electron chi connectivity index (χ4n) is 0.0957. The van der Waals surface area contributed by atoms with Crippen LogP contribution in [0, 0.1) is 0 Å². The van der Waals surface area contributed by atoms with Gasteiger partial charge in [0.15, 0.2) is 0 Å². The first kappa shape index (κ1) is 8.10. The Hall–Kier alpha value is 1.10. The third-order valence-corrected chi connectivity index (χ3v) is 2.47. The molecule has 0 bridgehead atoms. The standard InChI is InChI=1S/C2H6OS4/c1-2-3-6-7(4)5/h7H,2H2,1H3. The molecule has 0 saturated carbocycles. The van der Waals surface area contributed by atoms with Crippen molar-refractivity contribution in [2.24, 2.45) is 0 Å². The Kier molecular flexibility index (Phi) is 6.06. The van der Waals surface area contributed by atoms with Crippen LogP contribution < -0.4 is 0 Å². The molecule has 0 radical (unpaired) electrons. The molecule has 0 aliphatic carbocycles. The predicted octanol–water partition coefficient (Wildman–Crippen LogP) is 0.861. The molecule has 0 amide bonds. The van der Waals surface area contributed by atoms with Crippen LogP contribution in [0.2, 0.25) is 0 Å². The zero-order valence-corrected chi connectivity index (χ0v) is 7.13. The summed E-state index contributed by atoms with van der Waals surface area (Å²) >= 11 is 10.5. The minimum absolute atomic E-state index is 0.691. The van der Waals surface area contributed by atoms with Gasteiger partial charge in [0.25, 0.3) is 0 Å². The van der Waals surface area contributed by atoms with Crippen LogP contribution in [-0.4, -0.2) is 6.61 Å². The van der Waals surface area contributed by atoms with Crippen LogP contribution in [-0.2, 0) is 33.6 Å². The van der Waals surface area contributed by atoms with Crippen molar-refractivity contribution in [2.45, 2.75) is 6.92 Å². The van der Waals surface area contributed by atoms with Gasteiger partial charge in [0.1, 0.15) is 0 Å². The SMILES string of the molecule is CCOS[SH](=S)=S. The third kappa shape index (κ3) is 7.10. The van der Waals surface area contributed by atoms with Gasteiger partial charge in [-0.2, -0.15) is 0 Å². The van der Waals surface area contributed by atoms with Crippen molar-refractivity contribution in [1.29, 1.82) is 0 Å². The molecule has 0 N–H and O–H groups in total. The van der Waals surface area contributed by atoms with E-state index in [9.17, 15) is 0 Å². The van der Waals surface area contributed by atoms with Crippen LogP contribution in [0.1, 0.15) is 6.92 Å². The highest BCUT2D eigenvalue weighted by Gasteiger charge is 1.75. The first-order chi connectivity index (χ1) is 3.27. The summed E-state index contributed by atoms with van der Waals surface area (Å²) in [7, 11) is -0.745. The third-order valence-electron chi connectivity index (χ3n) is 0.231. The second-order valence-electron chi connectivity index (χ2n) is 0.705. The van der Waals surface area contributed by atoms with Gasteiger partial charge in [-0.25, -0.2) is 0 Å². The van der Waals surface area contributed by atoms with Crippen LogP contribution in [0.5, 0.6) is 0 Å². The minimum atomic E-state index is -0.745. The molecule has 0 atom stereocenters. The van der Waals surface area contributed by atoms with E-state index in [1.165, 1.54) is 11.1 Å². The van der Waals surface area contributed by atoms with Gasteiger partial charge in [-0.3, -0.25) is 0 Å². The van der Waals surface area contributed by atoms with E-state index < -0.39 is 7.05 Å². The second kappa shape index (κ2) is 5.24. The van der Waals surface area contributed by atoms with Crippen molar-refractivity contribution in [3.05, 3.63) is 0 Å². The lowest BCUT2D eigenvalue weighted by Crippen LogP contribution is -1.73. The number of thiol groups is 1. The van der Waals surface area contributed by atoms with Crippen LogP contribution in [0.25, 0.3) is 0 Å². The summed E-state index contributed by atoms with van der Waals surface area (Å²) in [4.78, 5) is 0. The molecular formula is C2H6OS4. The fourth-order valence-corrected chi connectivity index (χ4v) is 1.64. The highest BCUT2D eigenvalue weighted by molar-refractivity contribution is 8.89. The van der Waals surface area contributed by atoms with Crippen LogP contribution in [0.4, 0.5) is 0 Å². The molecule has 44 valence electrons. The van der Waals surface area contributed by atoms with Gasteiger partial charge in [0, 0.05) is 0 Å². The van der Waals surface area contributed by atoms with Gasteiger partial charge in [0.05, 0.1) is 17.7 Å². The molecule has 0 unspecified atom stereocenters. The van der Waals surface area contributed by atoms with Gasteiger partial charge < -0.3 is 4.18 Å². The van der Waals surface area contributed by atoms with Gasteiger partial charge in [-0.15, -0.1) is 0 Å². The van der Waals surface area contributed by atoms with E-state index in [2.05, 4.69) is 22.4 Å². The Bertz CT molecular complexity index is 87.9. The number of rotatable bonds is 3. The highest BCUT2D eigenvalue weighted by Crippen LogP contribution is 2.00. The summed E-state index contributed by atoms with van der Waals surface area (Å²) < 4.78 is 4.83. The zero-order chi connectivity index (χ0) is 5.70. The van der Waals surface area contributed by atoms with Crippen LogP contribution >= 0.6 is 11.1 Å². The van der Waals surface area contributed by atoms with E-state index in [4.69, 9.17) is 4.18 Å². The molecule has 0 aliphatic rings. The summed E-state index contributed by atoms with van der Waals surface area (Å²) in [5.41, 5.74) is 0. The van der Waals surface area contributed by atoms with Crippen molar-refractivity contribution in [3.63, 3.8) is 0 Å². The smallest absolute Gasteiger partial charge is 0.0672 e. The predicted molar refractivity (Wildman–Crippen MR) is 42.7 cm³/mol. The molecule has 0 aromatic heterocycles. The number of hydrogen-bond donors (Lipinski definition) is 1. The van der Waals surface area contributed by atoms with Crippen LogP contribution in [0.15, 0.2) is 0 Å². The molecule has 7 heavy (non-hydrogen) atoms. The van der Waals surface area contributed by atoms with Crippen molar-refractivity contribution < 1.29 is 4.18 Å². The van der Waals surface area contributed by atoms with E-state index in [1.807, 2.05) is 6.92 Å². The first-order valence-corrected chi connectivity index (χ1v) is 6.43. The van der Waals surface area contributed by atoms with E-state index in [1.54, 1.807) is 0 Å². The Morgan fingerprint density at radius 2 is 2.29 bits per heavy atom. The highest BCUT2D eigenvalue weighted by atomic mass is 33.5. The summed E-state index contributed by atoms with van der Waals surface area (Å²) in [6.45, 7) is 2.60. The molecule has 0 fully saturated rings. The number of hydrogen-bond acceptors (Lipinski definition) is 4. The fraction of sp³-hybridized carbons (Fsp3) is 1.00. The van der Waals surface area contributed by atoms with Gasteiger partial charge >= 0.3 is 0 Å². The van der Waals surface area contributed by atoms with Crippen molar-refractivity contribution >= 4 is 40.5 Å². The zero-order valence-electron chi connectivity index (χ0n) is 3.79. The Morgan fingerprint density at radius 1 is 1.71 bits per heavy atom. The molecule has 0 aromatic carbocycles. The first-order valence-electron chi connectivity index (χ1n) is 1.71. The van der Waals surface area contributed by atoms with Gasteiger partial charge in [-0.1, -0.05) is 0 Å². The summed E-state index contributed by atoms with van der Waals surface area (Å²) in [5.74, 6) is 0. The average Bonchev–Trinajstić information content (AvgIpc) is 1.61. The second-order valence-corrected chi connectivity index (χ2v) is 7.35. The quantitative estimate of drug-likeness (QED) is 0.386. The molecule has 1 nitrogen and oxygen atoms in total. The Morgan fingerprint density at radius 3 is 2.43 bits per heavy atom. The van der Waals surface area contributed by atoms with E-state index in [0.717, 1.165) is 0 Å². The van der Waals surface area contributed by atoms with Gasteiger partial charge in [-0.05, 0) is 36.3 Å². The van der Waals surface area contributed by atoms with Gasteiger partial charge in [0.2, 0.25) is 0 Å². The molecule has 5 heteroatoms. The molecule has 0 spiro atoms. The average molecular weight is 174 g/mol. The Labute approximate surface area is 58.3 Å². The maximum atomic E-state index is 4.83. The van der Waals surface area contributed by atoms with Crippen molar-refractivity contribution in [1.82, 2.24) is 0 Å². The lowest BCUT2D eigenvalue weighted by atomic mass is 10.9. The maximum absolute atomic E-state index is 4.83. The van der Waals surface area contributed by atoms with E-state index in [-0.39, 0.29) is 0 Å². The summed E-state index contributed by atoms with van der Waals surface area (Å²) in [6, 6.07) is 0. The minimum Gasteiger partial charge on any atom is -0.305 e. The summed E-state index contributed by atoms with van der Waals surface area (Å²) in [6.07, 6.45) is 0. The topological polar surface area (TPSA) is 9.23 Å². The largest absolute Gasteiger partial charge is 0.305 e.